The largest absolute Gasteiger partial charge is 0.326 e. The van der Waals surface area contributed by atoms with Crippen LogP contribution in [0, 0.1) is 0 Å². The lowest BCUT2D eigenvalue weighted by Crippen LogP contribution is -2.54. The third-order valence-corrected chi connectivity index (χ3v) is 3.96. The molecule has 0 aromatic heterocycles. The van der Waals surface area contributed by atoms with E-state index in [9.17, 15) is 0 Å². The number of rotatable bonds is 4. The zero-order valence-electron chi connectivity index (χ0n) is 10.5. The predicted octanol–water partition coefficient (Wildman–Crippen LogP) is 2.66. The fourth-order valence-electron chi connectivity index (χ4n) is 1.46. The van der Waals surface area contributed by atoms with Crippen molar-refractivity contribution in [3.63, 3.8) is 0 Å². The molecule has 16 heavy (non-hydrogen) atoms. The molecule has 0 saturated carbocycles. The highest BCUT2D eigenvalue weighted by Crippen LogP contribution is 2.19. The van der Waals surface area contributed by atoms with Crippen molar-refractivity contribution < 1.29 is 0 Å². The minimum Gasteiger partial charge on any atom is -0.326 e. The summed E-state index contributed by atoms with van der Waals surface area (Å²) >= 11 is 3.43. The first kappa shape index (κ1) is 13.7. The molecule has 1 aromatic rings. The summed E-state index contributed by atoms with van der Waals surface area (Å²) < 4.78 is 1.11. The fraction of sp³-hybridized carbons (Fsp3) is 0.538. The smallest absolute Gasteiger partial charge is 0.0301 e. The Morgan fingerprint density at radius 3 is 2.19 bits per heavy atom. The average Bonchev–Trinajstić information content (AvgIpc) is 2.21. The maximum absolute atomic E-state index is 6.27. The van der Waals surface area contributed by atoms with Gasteiger partial charge in [0.2, 0.25) is 0 Å². The van der Waals surface area contributed by atoms with Gasteiger partial charge in [0.25, 0.3) is 0 Å². The van der Waals surface area contributed by atoms with E-state index in [1.165, 1.54) is 5.56 Å². The highest BCUT2D eigenvalue weighted by atomic mass is 79.9. The minimum atomic E-state index is 0.00702. The Kier molecular flexibility index (Phi) is 4.53. The quantitative estimate of drug-likeness (QED) is 0.921. The maximum atomic E-state index is 6.27. The Bertz CT molecular complexity index is 330. The van der Waals surface area contributed by atoms with Crippen LogP contribution < -0.4 is 5.73 Å². The SMILES string of the molecule is CN(C)C(C)(C)C(N)Cc1ccc(Br)cc1. The zero-order valence-corrected chi connectivity index (χ0v) is 12.1. The summed E-state index contributed by atoms with van der Waals surface area (Å²) in [5, 5.41) is 0. The molecule has 0 aliphatic heterocycles. The van der Waals surface area contributed by atoms with Gasteiger partial charge >= 0.3 is 0 Å². The summed E-state index contributed by atoms with van der Waals surface area (Å²) in [4.78, 5) is 2.18. The highest BCUT2D eigenvalue weighted by Gasteiger charge is 2.28. The van der Waals surface area contributed by atoms with Crippen molar-refractivity contribution in [2.24, 2.45) is 5.73 Å². The van der Waals surface area contributed by atoms with Crippen molar-refractivity contribution >= 4 is 15.9 Å². The molecular weight excluding hydrogens is 264 g/mol. The van der Waals surface area contributed by atoms with Gasteiger partial charge in [-0.2, -0.15) is 0 Å². The molecule has 0 fully saturated rings. The Balaban J connectivity index is 2.71. The van der Waals surface area contributed by atoms with Gasteiger partial charge in [0.1, 0.15) is 0 Å². The molecule has 3 heteroatoms. The van der Waals surface area contributed by atoms with Crippen molar-refractivity contribution in [1.82, 2.24) is 4.90 Å². The highest BCUT2D eigenvalue weighted by molar-refractivity contribution is 9.10. The van der Waals surface area contributed by atoms with Crippen molar-refractivity contribution in [2.75, 3.05) is 14.1 Å². The summed E-state index contributed by atoms with van der Waals surface area (Å²) in [7, 11) is 4.14. The van der Waals surface area contributed by atoms with E-state index in [1.807, 2.05) is 0 Å². The van der Waals surface area contributed by atoms with Gasteiger partial charge < -0.3 is 10.6 Å². The number of hydrogen-bond acceptors (Lipinski definition) is 2. The van der Waals surface area contributed by atoms with E-state index in [-0.39, 0.29) is 11.6 Å². The van der Waals surface area contributed by atoms with Gasteiger partial charge in [-0.15, -0.1) is 0 Å². The van der Waals surface area contributed by atoms with Crippen LogP contribution in [0.5, 0.6) is 0 Å². The van der Waals surface area contributed by atoms with Crippen LogP contribution in [0.3, 0.4) is 0 Å². The molecule has 90 valence electrons. The second kappa shape index (κ2) is 5.30. The number of nitrogens with zero attached hydrogens (tertiary/aromatic N) is 1. The zero-order chi connectivity index (χ0) is 12.3. The second-order valence-electron chi connectivity index (χ2n) is 4.99. The Morgan fingerprint density at radius 2 is 1.75 bits per heavy atom. The topological polar surface area (TPSA) is 29.3 Å². The third-order valence-electron chi connectivity index (χ3n) is 3.43. The molecule has 1 atom stereocenters. The molecule has 1 aromatic carbocycles. The van der Waals surface area contributed by atoms with Crippen LogP contribution in [-0.4, -0.2) is 30.6 Å². The van der Waals surface area contributed by atoms with Gasteiger partial charge in [-0.05, 0) is 52.1 Å². The first-order valence-corrected chi connectivity index (χ1v) is 6.31. The van der Waals surface area contributed by atoms with E-state index in [4.69, 9.17) is 5.73 Å². The lowest BCUT2D eigenvalue weighted by molar-refractivity contribution is 0.158. The minimum absolute atomic E-state index is 0.00702. The lowest BCUT2D eigenvalue weighted by atomic mass is 9.89. The summed E-state index contributed by atoms with van der Waals surface area (Å²) in [6.07, 6.45) is 0.901. The van der Waals surface area contributed by atoms with Crippen LogP contribution in [0.25, 0.3) is 0 Å². The predicted molar refractivity (Wildman–Crippen MR) is 73.6 cm³/mol. The molecule has 2 nitrogen and oxygen atoms in total. The van der Waals surface area contributed by atoms with Gasteiger partial charge in [0.15, 0.2) is 0 Å². The van der Waals surface area contributed by atoms with Gasteiger partial charge in [-0.1, -0.05) is 28.1 Å². The maximum Gasteiger partial charge on any atom is 0.0301 e. The van der Waals surface area contributed by atoms with Crippen molar-refractivity contribution in [2.45, 2.75) is 31.8 Å². The van der Waals surface area contributed by atoms with Crippen molar-refractivity contribution in [1.29, 1.82) is 0 Å². The van der Waals surface area contributed by atoms with E-state index in [0.29, 0.717) is 0 Å². The molecule has 1 unspecified atom stereocenters. The fourth-order valence-corrected chi connectivity index (χ4v) is 1.72. The molecular formula is C13H21BrN2. The number of nitrogens with two attached hydrogens (primary N) is 1. The summed E-state index contributed by atoms with van der Waals surface area (Å²) in [5.74, 6) is 0. The molecule has 2 N–H and O–H groups in total. The van der Waals surface area contributed by atoms with E-state index < -0.39 is 0 Å². The molecule has 0 amide bonds. The molecule has 0 aliphatic rings. The van der Waals surface area contributed by atoms with E-state index in [2.05, 4.69) is 73.0 Å². The standard InChI is InChI=1S/C13H21BrN2/c1-13(2,16(3)4)12(15)9-10-5-7-11(14)8-6-10/h5-8,12H,9,15H2,1-4H3. The lowest BCUT2D eigenvalue weighted by Gasteiger charge is -2.38. The van der Waals surface area contributed by atoms with E-state index in [1.54, 1.807) is 0 Å². The number of halogens is 1. The molecule has 0 saturated heterocycles. The van der Waals surface area contributed by atoms with Crippen LogP contribution in [0.4, 0.5) is 0 Å². The third kappa shape index (κ3) is 3.30. The van der Waals surface area contributed by atoms with Gasteiger partial charge in [-0.3, -0.25) is 0 Å². The van der Waals surface area contributed by atoms with Gasteiger partial charge in [0.05, 0.1) is 0 Å². The first-order chi connectivity index (χ1) is 7.34. The molecule has 0 aliphatic carbocycles. The van der Waals surface area contributed by atoms with Crippen LogP contribution >= 0.6 is 15.9 Å². The van der Waals surface area contributed by atoms with Crippen LogP contribution in [0.2, 0.25) is 0 Å². The molecule has 0 bridgehead atoms. The molecule has 1 rings (SSSR count). The molecule has 0 heterocycles. The average molecular weight is 285 g/mol. The van der Waals surface area contributed by atoms with Crippen molar-refractivity contribution in [3.05, 3.63) is 34.3 Å². The normalized spacial score (nSPS) is 14.2. The Hall–Kier alpha value is -0.380. The molecule has 0 spiro atoms. The monoisotopic (exact) mass is 284 g/mol. The van der Waals surface area contributed by atoms with Crippen LogP contribution in [0.1, 0.15) is 19.4 Å². The van der Waals surface area contributed by atoms with Gasteiger partial charge in [-0.25, -0.2) is 0 Å². The number of likely N-dealkylation sites (N-methyl/N-ethyl adjacent to an activating group) is 1. The summed E-state index contributed by atoms with van der Waals surface area (Å²) in [6, 6.07) is 8.49. The number of hydrogen-bond donors (Lipinski definition) is 1. The van der Waals surface area contributed by atoms with E-state index >= 15 is 0 Å². The van der Waals surface area contributed by atoms with Crippen LogP contribution in [-0.2, 0) is 6.42 Å². The van der Waals surface area contributed by atoms with Gasteiger partial charge in [0, 0.05) is 16.1 Å². The van der Waals surface area contributed by atoms with E-state index in [0.717, 1.165) is 10.9 Å². The summed E-state index contributed by atoms with van der Waals surface area (Å²) in [6.45, 7) is 4.35. The first-order valence-electron chi connectivity index (χ1n) is 5.51. The Labute approximate surface area is 107 Å². The summed E-state index contributed by atoms with van der Waals surface area (Å²) in [5.41, 5.74) is 7.56. The second-order valence-corrected chi connectivity index (χ2v) is 5.90. The molecule has 0 radical (unpaired) electrons. The number of benzene rings is 1. The van der Waals surface area contributed by atoms with Crippen molar-refractivity contribution in [3.8, 4) is 0 Å². The van der Waals surface area contributed by atoms with Crippen LogP contribution in [0.15, 0.2) is 28.7 Å². The Morgan fingerprint density at radius 1 is 1.25 bits per heavy atom.